The van der Waals surface area contributed by atoms with Crippen LogP contribution in [0, 0.1) is 0 Å². The third-order valence-electron chi connectivity index (χ3n) is 4.46. The fourth-order valence-electron chi connectivity index (χ4n) is 2.91. The smallest absolute Gasteiger partial charge is 0.357 e. The van der Waals surface area contributed by atoms with E-state index in [1.165, 1.54) is 0 Å². The van der Waals surface area contributed by atoms with Crippen molar-refractivity contribution in [3.05, 3.63) is 65.2 Å². The van der Waals surface area contributed by atoms with Crippen LogP contribution in [0.2, 0.25) is 0 Å². The zero-order chi connectivity index (χ0) is 20.6. The van der Waals surface area contributed by atoms with E-state index in [1.54, 1.807) is 0 Å². The molecule has 2 N–H and O–H groups in total. The van der Waals surface area contributed by atoms with Gasteiger partial charge in [0.2, 0.25) is 0 Å². The second-order valence-corrected chi connectivity index (χ2v) is 7.22. The standard InChI is InChI=1S/C19H16F6N2S/c20-18(21,22)13-8-14(19(23,24)25)10-15(9-13)26-16(28)27-17(6-7-17)11-12-4-2-1-3-5-12/h1-5,8-10H,6-7,11H2,(H2,26,27,28). The predicted molar refractivity (Wildman–Crippen MR) is 97.9 cm³/mol. The van der Waals surface area contributed by atoms with Gasteiger partial charge in [-0.05, 0) is 55.2 Å². The van der Waals surface area contributed by atoms with Gasteiger partial charge < -0.3 is 10.6 Å². The maximum absolute atomic E-state index is 13.0. The maximum Gasteiger partial charge on any atom is 0.416 e. The van der Waals surface area contributed by atoms with Crippen molar-refractivity contribution >= 4 is 23.0 Å². The zero-order valence-electron chi connectivity index (χ0n) is 14.4. The largest absolute Gasteiger partial charge is 0.416 e. The van der Waals surface area contributed by atoms with Crippen molar-refractivity contribution in [3.63, 3.8) is 0 Å². The van der Waals surface area contributed by atoms with Gasteiger partial charge in [0.15, 0.2) is 5.11 Å². The molecule has 1 saturated carbocycles. The summed E-state index contributed by atoms with van der Waals surface area (Å²) in [6.07, 6.45) is -7.54. The van der Waals surface area contributed by atoms with Gasteiger partial charge in [-0.3, -0.25) is 0 Å². The van der Waals surface area contributed by atoms with Crippen LogP contribution in [0.1, 0.15) is 29.5 Å². The molecule has 150 valence electrons. The molecule has 0 unspecified atom stereocenters. The van der Waals surface area contributed by atoms with E-state index in [0.717, 1.165) is 18.4 Å². The molecule has 0 radical (unpaired) electrons. The van der Waals surface area contributed by atoms with Crippen LogP contribution in [-0.4, -0.2) is 10.7 Å². The number of rotatable bonds is 4. The summed E-state index contributed by atoms with van der Waals surface area (Å²) in [4.78, 5) is 0. The number of halogens is 6. The number of hydrogen-bond acceptors (Lipinski definition) is 1. The first-order valence-electron chi connectivity index (χ1n) is 8.39. The van der Waals surface area contributed by atoms with Crippen molar-refractivity contribution in [3.8, 4) is 0 Å². The molecular weight excluding hydrogens is 402 g/mol. The minimum absolute atomic E-state index is 0.0131. The van der Waals surface area contributed by atoms with Crippen molar-refractivity contribution in [2.24, 2.45) is 0 Å². The normalized spacial score (nSPS) is 15.8. The van der Waals surface area contributed by atoms with Crippen molar-refractivity contribution in [1.82, 2.24) is 5.32 Å². The maximum atomic E-state index is 13.0. The molecule has 28 heavy (non-hydrogen) atoms. The molecule has 0 saturated heterocycles. The van der Waals surface area contributed by atoms with Gasteiger partial charge >= 0.3 is 12.4 Å². The molecule has 0 aliphatic heterocycles. The van der Waals surface area contributed by atoms with Gasteiger partial charge in [0.05, 0.1) is 11.1 Å². The van der Waals surface area contributed by atoms with Gasteiger partial charge in [-0.2, -0.15) is 26.3 Å². The van der Waals surface area contributed by atoms with Gasteiger partial charge in [0.1, 0.15) is 0 Å². The first kappa shape index (κ1) is 20.4. The monoisotopic (exact) mass is 418 g/mol. The number of anilines is 1. The quantitative estimate of drug-likeness (QED) is 0.486. The highest BCUT2D eigenvalue weighted by atomic mass is 32.1. The van der Waals surface area contributed by atoms with Crippen molar-refractivity contribution in [2.45, 2.75) is 37.2 Å². The van der Waals surface area contributed by atoms with Gasteiger partial charge in [-0.15, -0.1) is 0 Å². The summed E-state index contributed by atoms with van der Waals surface area (Å²) in [5, 5.41) is 5.49. The van der Waals surface area contributed by atoms with Gasteiger partial charge in [-0.25, -0.2) is 0 Å². The number of nitrogens with one attached hydrogen (secondary N) is 2. The Morgan fingerprint density at radius 2 is 1.43 bits per heavy atom. The molecule has 1 aliphatic rings. The molecule has 1 aliphatic carbocycles. The summed E-state index contributed by atoms with van der Waals surface area (Å²) >= 11 is 5.13. The van der Waals surface area contributed by atoms with E-state index in [-0.39, 0.29) is 22.4 Å². The van der Waals surface area contributed by atoms with Gasteiger partial charge in [0, 0.05) is 11.2 Å². The lowest BCUT2D eigenvalue weighted by Gasteiger charge is -2.21. The minimum Gasteiger partial charge on any atom is -0.357 e. The van der Waals surface area contributed by atoms with Crippen molar-refractivity contribution in [1.29, 1.82) is 0 Å². The van der Waals surface area contributed by atoms with E-state index >= 15 is 0 Å². The van der Waals surface area contributed by atoms with Crippen LogP contribution < -0.4 is 10.6 Å². The van der Waals surface area contributed by atoms with Crippen LogP contribution in [0.4, 0.5) is 32.0 Å². The lowest BCUT2D eigenvalue weighted by Crippen LogP contribution is -2.41. The molecule has 0 aromatic heterocycles. The molecule has 0 spiro atoms. The third kappa shape index (κ3) is 5.15. The Kier molecular flexibility index (Phi) is 5.31. The fraction of sp³-hybridized carbons (Fsp3) is 0.316. The van der Waals surface area contributed by atoms with E-state index in [4.69, 9.17) is 12.2 Å². The molecular formula is C19H16F6N2S. The SMILES string of the molecule is FC(F)(F)c1cc(NC(=S)NC2(Cc3ccccc3)CC2)cc(C(F)(F)F)c1. The topological polar surface area (TPSA) is 24.1 Å². The van der Waals surface area contributed by atoms with E-state index in [9.17, 15) is 26.3 Å². The Bertz CT molecular complexity index is 825. The molecule has 1 fully saturated rings. The van der Waals surface area contributed by atoms with Crippen molar-refractivity contribution in [2.75, 3.05) is 5.32 Å². The Hall–Kier alpha value is -2.29. The van der Waals surface area contributed by atoms with Crippen LogP contribution in [0.15, 0.2) is 48.5 Å². The molecule has 0 bridgehead atoms. The van der Waals surface area contributed by atoms with E-state index in [2.05, 4.69) is 10.6 Å². The predicted octanol–water partition coefficient (Wildman–Crippen LogP) is 5.79. The molecule has 2 nitrogen and oxygen atoms in total. The van der Waals surface area contributed by atoms with Crippen LogP contribution in [-0.2, 0) is 18.8 Å². The van der Waals surface area contributed by atoms with Crippen LogP contribution >= 0.6 is 12.2 Å². The molecule has 9 heteroatoms. The number of thiocarbonyl (C=S) groups is 1. The molecule has 0 amide bonds. The second kappa shape index (κ2) is 7.27. The number of hydrogen-bond donors (Lipinski definition) is 2. The van der Waals surface area contributed by atoms with E-state index in [1.807, 2.05) is 30.3 Å². The highest BCUT2D eigenvalue weighted by molar-refractivity contribution is 7.80. The number of benzene rings is 2. The van der Waals surface area contributed by atoms with Gasteiger partial charge in [0.25, 0.3) is 0 Å². The van der Waals surface area contributed by atoms with Crippen LogP contribution in [0.3, 0.4) is 0 Å². The summed E-state index contributed by atoms with van der Waals surface area (Å²) < 4.78 is 77.7. The molecule has 0 atom stereocenters. The van der Waals surface area contributed by atoms with Crippen LogP contribution in [0.25, 0.3) is 0 Å². The van der Waals surface area contributed by atoms with E-state index < -0.39 is 23.5 Å². The first-order chi connectivity index (χ1) is 13.0. The summed E-state index contributed by atoms with van der Waals surface area (Å²) in [6, 6.07) is 10.9. The Morgan fingerprint density at radius 3 is 1.89 bits per heavy atom. The second-order valence-electron chi connectivity index (χ2n) is 6.82. The molecule has 2 aromatic rings. The average molecular weight is 418 g/mol. The van der Waals surface area contributed by atoms with Crippen LogP contribution in [0.5, 0.6) is 0 Å². The molecule has 3 rings (SSSR count). The molecule has 0 heterocycles. The summed E-state index contributed by atoms with van der Waals surface area (Å²) in [6.45, 7) is 0. The number of alkyl halides is 6. The summed E-state index contributed by atoms with van der Waals surface area (Å²) in [5.41, 5.74) is -2.42. The minimum atomic E-state index is -4.90. The Labute approximate surface area is 162 Å². The Balaban J connectivity index is 1.75. The molecule has 2 aromatic carbocycles. The lowest BCUT2D eigenvalue weighted by molar-refractivity contribution is -0.143. The van der Waals surface area contributed by atoms with Gasteiger partial charge in [-0.1, -0.05) is 30.3 Å². The fourth-order valence-corrected chi connectivity index (χ4v) is 3.25. The lowest BCUT2D eigenvalue weighted by atomic mass is 10.0. The van der Waals surface area contributed by atoms with Crippen molar-refractivity contribution < 1.29 is 26.3 Å². The highest BCUT2D eigenvalue weighted by Crippen LogP contribution is 2.40. The third-order valence-corrected chi connectivity index (χ3v) is 4.67. The Morgan fingerprint density at radius 1 is 0.893 bits per heavy atom. The average Bonchev–Trinajstić information content (AvgIpc) is 3.32. The summed E-state index contributed by atoms with van der Waals surface area (Å²) in [5.74, 6) is 0. The first-order valence-corrected chi connectivity index (χ1v) is 8.80. The highest BCUT2D eigenvalue weighted by Gasteiger charge is 2.43. The summed E-state index contributed by atoms with van der Waals surface area (Å²) in [7, 11) is 0. The van der Waals surface area contributed by atoms with E-state index in [0.29, 0.717) is 18.6 Å². The zero-order valence-corrected chi connectivity index (χ0v) is 15.2.